The van der Waals surface area contributed by atoms with E-state index in [0.717, 1.165) is 24.8 Å². The highest BCUT2D eigenvalue weighted by Gasteiger charge is 2.62. The van der Waals surface area contributed by atoms with Gasteiger partial charge in [-0.1, -0.05) is 25.5 Å². The number of aliphatic hydroxyl groups excluding tert-OH is 1. The molecule has 0 radical (unpaired) electrons. The van der Waals surface area contributed by atoms with Crippen molar-refractivity contribution in [3.8, 4) is 5.75 Å². The van der Waals surface area contributed by atoms with Gasteiger partial charge in [0.05, 0.1) is 6.10 Å². The van der Waals surface area contributed by atoms with E-state index in [9.17, 15) is 24.2 Å². The van der Waals surface area contributed by atoms with Crippen LogP contribution in [0, 0.1) is 34.5 Å². The number of Topliss-reactive ketones (excluding diaryl/α,β-unsaturated/α-hetero) is 1. The molecule has 9 heteroatoms. The molecule has 8 atom stereocenters. The van der Waals surface area contributed by atoms with Crippen molar-refractivity contribution in [3.63, 3.8) is 0 Å². The number of hydrogen-bond donors (Lipinski definition) is 3. The molecule has 1 aromatic carbocycles. The Balaban J connectivity index is 1.29. The number of fused-ring (bicyclic) bond motifs is 5. The van der Waals surface area contributed by atoms with Crippen LogP contribution in [0.25, 0.3) is 0 Å². The van der Waals surface area contributed by atoms with E-state index in [1.54, 1.807) is 12.2 Å². The van der Waals surface area contributed by atoms with Crippen LogP contribution in [0.5, 0.6) is 5.75 Å². The van der Waals surface area contributed by atoms with Crippen LogP contribution in [-0.4, -0.2) is 34.3 Å². The first-order valence-electron chi connectivity index (χ1n) is 12.6. The minimum atomic E-state index is -4.50. The van der Waals surface area contributed by atoms with E-state index in [4.69, 9.17) is 14.8 Å². The van der Waals surface area contributed by atoms with Gasteiger partial charge in [-0.3, -0.25) is 19.0 Å². The summed E-state index contributed by atoms with van der Waals surface area (Å²) >= 11 is 0. The average molecular weight is 516 g/mol. The lowest BCUT2D eigenvalue weighted by Crippen LogP contribution is -2.56. The molecule has 0 spiro atoms. The zero-order valence-corrected chi connectivity index (χ0v) is 21.5. The summed E-state index contributed by atoms with van der Waals surface area (Å²) in [4.78, 5) is 35.4. The largest absolute Gasteiger partial charge is 0.527 e. The van der Waals surface area contributed by atoms with Gasteiger partial charge in [-0.2, -0.15) is 0 Å². The van der Waals surface area contributed by atoms with E-state index >= 15 is 0 Å². The van der Waals surface area contributed by atoms with Gasteiger partial charge in [0.25, 0.3) is 0 Å². The molecule has 0 saturated heterocycles. The highest BCUT2D eigenvalue weighted by molar-refractivity contribution is 7.47. The van der Waals surface area contributed by atoms with Crippen LogP contribution < -0.4 is 10.3 Å². The molecule has 4 aliphatic carbocycles. The number of carbonyl (C=O) groups excluding carboxylic acids is 2. The number of anilines is 1. The number of phosphoric ester groups is 1. The fourth-order valence-corrected chi connectivity index (χ4v) is 8.52. The molecule has 8 nitrogen and oxygen atoms in total. The Hall–Kier alpha value is -2.25. The maximum Gasteiger partial charge on any atom is 0.527 e. The molecule has 4 aliphatic rings. The topological polar surface area (TPSA) is 136 Å². The summed E-state index contributed by atoms with van der Waals surface area (Å²) in [5, 5.41) is 11.4. The molecule has 5 rings (SSSR count). The summed E-state index contributed by atoms with van der Waals surface area (Å²) in [6.45, 7) is 3.66. The summed E-state index contributed by atoms with van der Waals surface area (Å²) in [6.07, 6.45) is 8.37. The summed E-state index contributed by atoms with van der Waals surface area (Å²) in [5.74, 6) is -0.0180. The molecule has 0 aliphatic heterocycles. The second kappa shape index (κ2) is 8.95. The van der Waals surface area contributed by atoms with E-state index in [0.29, 0.717) is 18.5 Å². The van der Waals surface area contributed by atoms with Crippen LogP contribution >= 0.6 is 7.82 Å². The van der Waals surface area contributed by atoms with Crippen molar-refractivity contribution >= 4 is 25.1 Å². The number of ketones is 2. The van der Waals surface area contributed by atoms with E-state index in [1.165, 1.54) is 24.3 Å². The fraction of sp³-hybridized carbons (Fsp3) is 0.556. The lowest BCUT2D eigenvalue weighted by molar-refractivity contribution is -0.141. The molecule has 0 aromatic heterocycles. The minimum absolute atomic E-state index is 0.00371. The number of phosphoric acid groups is 1. The Kier molecular flexibility index (Phi) is 6.31. The predicted octanol–water partition coefficient (Wildman–Crippen LogP) is 4.23. The molecule has 0 amide bonds. The molecule has 3 saturated carbocycles. The molecular weight excluding hydrogens is 481 g/mol. The van der Waals surface area contributed by atoms with Crippen LogP contribution in [0.1, 0.15) is 46.0 Å². The number of nitrogens with two attached hydrogens (primary N) is 1. The van der Waals surface area contributed by atoms with Crippen molar-refractivity contribution in [3.05, 3.63) is 48.1 Å². The van der Waals surface area contributed by atoms with Crippen molar-refractivity contribution < 1.29 is 33.2 Å². The monoisotopic (exact) mass is 515 g/mol. The van der Waals surface area contributed by atoms with Crippen LogP contribution in [0.3, 0.4) is 0 Å². The number of allylic oxidation sites excluding steroid dienone is 4. The smallest absolute Gasteiger partial charge is 0.404 e. The number of aliphatic hydroxyl groups is 1. The third-order valence-electron chi connectivity index (χ3n) is 9.35. The standard InChI is InChI=1S/C27H34NO7P/c1-26-12-11-18(29)13-16(26)3-8-20-21-9-10-22(27(21,2)14-23(30)25(20)26)24(31)15-34-36(32,33)35-19-6-4-17(28)5-7-19/h4-7,11-13,20-23,25,30H,3,8-10,14-15,28H2,1-2H3,(H,32,33). The van der Waals surface area contributed by atoms with E-state index in [1.807, 2.05) is 6.08 Å². The first kappa shape index (κ1) is 25.4. The van der Waals surface area contributed by atoms with E-state index in [-0.39, 0.29) is 46.4 Å². The summed E-state index contributed by atoms with van der Waals surface area (Å²) in [7, 11) is -4.50. The SMILES string of the molecule is CC12C=CC(=O)C=C1CCC1C2C(O)CC2(C)C(C(=O)COP(=O)(O)Oc3ccc(N)cc3)CCC12. The van der Waals surface area contributed by atoms with Gasteiger partial charge in [0.15, 0.2) is 11.6 Å². The molecule has 194 valence electrons. The number of carbonyl (C=O) groups is 2. The maximum atomic E-state index is 13.3. The van der Waals surface area contributed by atoms with Gasteiger partial charge in [-0.15, -0.1) is 0 Å². The van der Waals surface area contributed by atoms with Crippen LogP contribution in [-0.2, 0) is 18.7 Å². The highest BCUT2D eigenvalue weighted by atomic mass is 31.2. The zero-order chi connectivity index (χ0) is 25.9. The normalized spacial score (nSPS) is 38.8. The highest BCUT2D eigenvalue weighted by Crippen LogP contribution is 2.66. The Bertz CT molecular complexity index is 1180. The average Bonchev–Trinajstić information content (AvgIpc) is 3.15. The Morgan fingerprint density at radius 2 is 1.92 bits per heavy atom. The first-order chi connectivity index (χ1) is 16.9. The second-order valence-corrected chi connectivity index (χ2v) is 12.7. The molecule has 3 fully saturated rings. The molecule has 36 heavy (non-hydrogen) atoms. The summed E-state index contributed by atoms with van der Waals surface area (Å²) < 4.78 is 22.6. The summed E-state index contributed by atoms with van der Waals surface area (Å²) in [5.41, 5.74) is 6.42. The van der Waals surface area contributed by atoms with Crippen molar-refractivity contribution in [1.82, 2.24) is 0 Å². The molecule has 0 bridgehead atoms. The minimum Gasteiger partial charge on any atom is -0.404 e. The van der Waals surface area contributed by atoms with Crippen LogP contribution in [0.15, 0.2) is 48.1 Å². The third-order valence-corrected chi connectivity index (χ3v) is 10.2. The Labute approximate surface area is 211 Å². The predicted molar refractivity (Wildman–Crippen MR) is 134 cm³/mol. The second-order valence-electron chi connectivity index (χ2n) is 11.3. The van der Waals surface area contributed by atoms with Crippen molar-refractivity contribution in [2.75, 3.05) is 12.3 Å². The molecular formula is C27H34NO7P. The summed E-state index contributed by atoms with van der Waals surface area (Å²) in [6, 6.07) is 5.98. The Morgan fingerprint density at radius 1 is 1.19 bits per heavy atom. The van der Waals surface area contributed by atoms with E-state index < -0.39 is 25.9 Å². The van der Waals surface area contributed by atoms with Crippen molar-refractivity contribution in [1.29, 1.82) is 0 Å². The molecule has 4 N–H and O–H groups in total. The van der Waals surface area contributed by atoms with Gasteiger partial charge in [0, 0.05) is 22.9 Å². The first-order valence-corrected chi connectivity index (χ1v) is 14.1. The van der Waals surface area contributed by atoms with Gasteiger partial charge in [-0.25, -0.2) is 4.57 Å². The van der Waals surface area contributed by atoms with E-state index in [2.05, 4.69) is 13.8 Å². The lowest BCUT2D eigenvalue weighted by Gasteiger charge is -2.58. The Morgan fingerprint density at radius 3 is 2.64 bits per heavy atom. The fourth-order valence-electron chi connectivity index (χ4n) is 7.79. The number of benzene rings is 1. The van der Waals surface area contributed by atoms with Crippen molar-refractivity contribution in [2.24, 2.45) is 34.5 Å². The molecule has 1 aromatic rings. The molecule has 8 unspecified atom stereocenters. The van der Waals surface area contributed by atoms with Crippen LogP contribution in [0.2, 0.25) is 0 Å². The number of rotatable bonds is 6. The third kappa shape index (κ3) is 4.28. The van der Waals surface area contributed by atoms with Crippen molar-refractivity contribution in [2.45, 2.75) is 52.1 Å². The molecule has 0 heterocycles. The number of hydrogen-bond acceptors (Lipinski definition) is 7. The lowest BCUT2D eigenvalue weighted by atomic mass is 9.46. The van der Waals surface area contributed by atoms with Gasteiger partial charge < -0.3 is 15.4 Å². The van der Waals surface area contributed by atoms with Gasteiger partial charge in [-0.05, 0) is 85.8 Å². The van der Waals surface area contributed by atoms with Gasteiger partial charge in [0.2, 0.25) is 0 Å². The number of nitrogen functional groups attached to an aromatic ring is 1. The quantitative estimate of drug-likeness (QED) is 0.378. The van der Waals surface area contributed by atoms with Gasteiger partial charge in [0.1, 0.15) is 12.4 Å². The van der Waals surface area contributed by atoms with Gasteiger partial charge >= 0.3 is 7.82 Å². The zero-order valence-electron chi connectivity index (χ0n) is 20.6. The van der Waals surface area contributed by atoms with Crippen LogP contribution in [0.4, 0.5) is 5.69 Å². The maximum absolute atomic E-state index is 13.3.